The topological polar surface area (TPSA) is 20.3 Å². The number of hydrogen-bond donors (Lipinski definition) is 0. The molecule has 0 spiro atoms. The Morgan fingerprint density at radius 2 is 1.70 bits per heavy atom. The van der Waals surface area contributed by atoms with Crippen molar-refractivity contribution in [1.82, 2.24) is 4.90 Å². The minimum atomic E-state index is -0.159. The van der Waals surface area contributed by atoms with E-state index in [2.05, 4.69) is 53.7 Å². The van der Waals surface area contributed by atoms with Gasteiger partial charge < -0.3 is 4.90 Å². The van der Waals surface area contributed by atoms with Gasteiger partial charge in [0.25, 0.3) is 0 Å². The monoisotopic (exact) mass is 277 g/mol. The highest BCUT2D eigenvalue weighted by Crippen LogP contribution is 2.15. The third-order valence-electron chi connectivity index (χ3n) is 3.10. The third-order valence-corrected chi connectivity index (χ3v) is 3.10. The molecule has 0 aliphatic carbocycles. The molecule has 114 valence electrons. The first-order valence-electron chi connectivity index (χ1n) is 7.41. The lowest BCUT2D eigenvalue weighted by atomic mass is 10.0. The second-order valence-corrected chi connectivity index (χ2v) is 6.49. The molecule has 20 heavy (non-hydrogen) atoms. The highest BCUT2D eigenvalue weighted by molar-refractivity contribution is 5.88. The SMILES string of the molecule is C/C=C/C(=O)N(C/C=C(/C)CCC=C(C)C)C(C)(C)C. The number of carbonyl (C=O) groups is 1. The molecular weight excluding hydrogens is 246 g/mol. The highest BCUT2D eigenvalue weighted by atomic mass is 16.2. The summed E-state index contributed by atoms with van der Waals surface area (Å²) in [6, 6.07) is 0. The fourth-order valence-electron chi connectivity index (χ4n) is 1.86. The molecule has 0 fully saturated rings. The fraction of sp³-hybridized carbons (Fsp3) is 0.611. The van der Waals surface area contributed by atoms with Crippen molar-refractivity contribution in [2.45, 2.75) is 66.8 Å². The van der Waals surface area contributed by atoms with Gasteiger partial charge in [0, 0.05) is 12.1 Å². The summed E-state index contributed by atoms with van der Waals surface area (Å²) < 4.78 is 0. The maximum absolute atomic E-state index is 12.1. The van der Waals surface area contributed by atoms with Crippen molar-refractivity contribution >= 4 is 5.91 Å². The second-order valence-electron chi connectivity index (χ2n) is 6.49. The Bertz CT molecular complexity index is 390. The van der Waals surface area contributed by atoms with Crippen molar-refractivity contribution in [3.8, 4) is 0 Å². The maximum atomic E-state index is 12.1. The van der Waals surface area contributed by atoms with Gasteiger partial charge in [0.05, 0.1) is 0 Å². The van der Waals surface area contributed by atoms with Crippen LogP contribution in [0.15, 0.2) is 35.5 Å². The zero-order chi connectivity index (χ0) is 15.8. The van der Waals surface area contributed by atoms with Crippen molar-refractivity contribution in [2.75, 3.05) is 6.54 Å². The molecule has 0 aromatic rings. The summed E-state index contributed by atoms with van der Waals surface area (Å²) in [4.78, 5) is 14.0. The number of allylic oxidation sites excluding steroid dienone is 4. The molecule has 0 aromatic carbocycles. The first-order valence-corrected chi connectivity index (χ1v) is 7.41. The molecule has 0 saturated carbocycles. The largest absolute Gasteiger partial charge is 0.331 e. The Morgan fingerprint density at radius 1 is 1.10 bits per heavy atom. The lowest BCUT2D eigenvalue weighted by Gasteiger charge is -2.34. The molecule has 0 N–H and O–H groups in total. The zero-order valence-electron chi connectivity index (χ0n) is 14.3. The van der Waals surface area contributed by atoms with Crippen LogP contribution in [0.2, 0.25) is 0 Å². The lowest BCUT2D eigenvalue weighted by molar-refractivity contribution is -0.129. The van der Waals surface area contributed by atoms with Crippen molar-refractivity contribution in [3.63, 3.8) is 0 Å². The van der Waals surface area contributed by atoms with Gasteiger partial charge in [-0.1, -0.05) is 29.4 Å². The summed E-state index contributed by atoms with van der Waals surface area (Å²) in [6.45, 7) is 15.1. The molecule has 0 aliphatic heterocycles. The molecule has 0 radical (unpaired) electrons. The first-order chi connectivity index (χ1) is 9.18. The lowest BCUT2D eigenvalue weighted by Crippen LogP contribution is -2.45. The van der Waals surface area contributed by atoms with E-state index in [1.165, 1.54) is 11.1 Å². The smallest absolute Gasteiger partial charge is 0.246 e. The van der Waals surface area contributed by atoms with Crippen LogP contribution in [0.5, 0.6) is 0 Å². The number of rotatable bonds is 6. The molecule has 2 heteroatoms. The molecule has 2 nitrogen and oxygen atoms in total. The van der Waals surface area contributed by atoms with E-state index in [0.29, 0.717) is 6.54 Å². The van der Waals surface area contributed by atoms with Crippen molar-refractivity contribution in [1.29, 1.82) is 0 Å². The predicted octanol–water partition coefficient (Wildman–Crippen LogP) is 4.88. The molecule has 1 amide bonds. The van der Waals surface area contributed by atoms with Crippen LogP contribution < -0.4 is 0 Å². The molecule has 0 aliphatic rings. The summed E-state index contributed by atoms with van der Waals surface area (Å²) in [5.41, 5.74) is 2.54. The van der Waals surface area contributed by atoms with Gasteiger partial charge in [-0.3, -0.25) is 4.79 Å². The van der Waals surface area contributed by atoms with Gasteiger partial charge in [-0.15, -0.1) is 0 Å². The van der Waals surface area contributed by atoms with Crippen LogP contribution in [-0.2, 0) is 4.79 Å². The number of hydrogen-bond acceptors (Lipinski definition) is 1. The third kappa shape index (κ3) is 7.98. The van der Waals surface area contributed by atoms with E-state index in [4.69, 9.17) is 0 Å². The molecule has 0 saturated heterocycles. The Hall–Kier alpha value is -1.31. The zero-order valence-corrected chi connectivity index (χ0v) is 14.3. The van der Waals surface area contributed by atoms with Crippen LogP contribution in [0, 0.1) is 0 Å². The van der Waals surface area contributed by atoms with Gasteiger partial charge >= 0.3 is 0 Å². The van der Waals surface area contributed by atoms with Gasteiger partial charge in [-0.25, -0.2) is 0 Å². The average Bonchev–Trinajstić information content (AvgIpc) is 2.27. The maximum Gasteiger partial charge on any atom is 0.246 e. The van der Waals surface area contributed by atoms with Crippen LogP contribution in [0.1, 0.15) is 61.3 Å². The predicted molar refractivity (Wildman–Crippen MR) is 88.7 cm³/mol. The highest BCUT2D eigenvalue weighted by Gasteiger charge is 2.23. The molecule has 0 heterocycles. The van der Waals surface area contributed by atoms with Crippen LogP contribution in [0.3, 0.4) is 0 Å². The van der Waals surface area contributed by atoms with E-state index in [0.717, 1.165) is 12.8 Å². The van der Waals surface area contributed by atoms with E-state index in [-0.39, 0.29) is 11.4 Å². The summed E-state index contributed by atoms with van der Waals surface area (Å²) in [7, 11) is 0. The van der Waals surface area contributed by atoms with Crippen LogP contribution in [0.4, 0.5) is 0 Å². The van der Waals surface area contributed by atoms with Gasteiger partial charge in [-0.2, -0.15) is 0 Å². The van der Waals surface area contributed by atoms with Crippen LogP contribution >= 0.6 is 0 Å². The molecular formula is C18H31NO. The van der Waals surface area contributed by atoms with E-state index in [1.807, 2.05) is 11.8 Å². The fourth-order valence-corrected chi connectivity index (χ4v) is 1.86. The van der Waals surface area contributed by atoms with E-state index in [9.17, 15) is 4.79 Å². The van der Waals surface area contributed by atoms with Gasteiger partial charge in [-0.05, 0) is 67.4 Å². The minimum absolute atomic E-state index is 0.0772. The molecule has 0 aromatic heterocycles. The Labute approximate surface area is 125 Å². The van der Waals surface area contributed by atoms with Crippen molar-refractivity contribution in [3.05, 3.63) is 35.5 Å². The van der Waals surface area contributed by atoms with Crippen LogP contribution in [-0.4, -0.2) is 22.9 Å². The Kier molecular flexibility index (Phi) is 8.21. The second kappa shape index (κ2) is 8.78. The normalized spacial score (nSPS) is 12.7. The number of amides is 1. The number of carbonyl (C=O) groups excluding carboxylic acids is 1. The van der Waals surface area contributed by atoms with Crippen molar-refractivity contribution in [2.24, 2.45) is 0 Å². The van der Waals surface area contributed by atoms with E-state index < -0.39 is 0 Å². The average molecular weight is 277 g/mol. The molecule has 0 atom stereocenters. The minimum Gasteiger partial charge on any atom is -0.331 e. The summed E-state index contributed by atoms with van der Waals surface area (Å²) >= 11 is 0. The standard InChI is InChI=1S/C18H31NO/c1-8-10-17(20)19(18(5,6)7)14-13-16(4)12-9-11-15(2)3/h8,10-11,13H,9,12,14H2,1-7H3/b10-8+,16-13-. The molecule has 0 rings (SSSR count). The van der Waals surface area contributed by atoms with Crippen LogP contribution in [0.25, 0.3) is 0 Å². The molecule has 0 unspecified atom stereocenters. The van der Waals surface area contributed by atoms with E-state index in [1.54, 1.807) is 12.2 Å². The Balaban J connectivity index is 4.68. The first kappa shape index (κ1) is 18.7. The summed E-state index contributed by atoms with van der Waals surface area (Å²) in [5, 5.41) is 0. The van der Waals surface area contributed by atoms with Gasteiger partial charge in [0.1, 0.15) is 0 Å². The van der Waals surface area contributed by atoms with E-state index >= 15 is 0 Å². The van der Waals surface area contributed by atoms with Crippen molar-refractivity contribution < 1.29 is 4.79 Å². The quantitative estimate of drug-likeness (QED) is 0.500. The summed E-state index contributed by atoms with van der Waals surface area (Å²) in [6.07, 6.45) is 9.99. The van der Waals surface area contributed by atoms with Gasteiger partial charge in [0.2, 0.25) is 5.91 Å². The number of nitrogens with zero attached hydrogens (tertiary/aromatic N) is 1. The molecule has 0 bridgehead atoms. The summed E-state index contributed by atoms with van der Waals surface area (Å²) in [5.74, 6) is 0.0772. The van der Waals surface area contributed by atoms with Gasteiger partial charge in [0.15, 0.2) is 0 Å². The Morgan fingerprint density at radius 3 is 2.15 bits per heavy atom.